The number of hydrogen-bond acceptors (Lipinski definition) is 6. The number of anilines is 1. The summed E-state index contributed by atoms with van der Waals surface area (Å²) in [6.45, 7) is 0.643. The normalized spacial score (nSPS) is 22.0. The molecule has 4 aromatic rings. The van der Waals surface area contributed by atoms with Gasteiger partial charge in [0.15, 0.2) is 11.6 Å². The Balaban J connectivity index is 1.27. The third-order valence-electron chi connectivity index (χ3n) is 7.62. The van der Waals surface area contributed by atoms with Gasteiger partial charge in [-0.3, -0.25) is 4.79 Å². The fourth-order valence-electron chi connectivity index (χ4n) is 5.88. The van der Waals surface area contributed by atoms with Gasteiger partial charge in [-0.2, -0.15) is 0 Å². The fraction of sp³-hybridized carbons (Fsp3) is 0.423. The van der Waals surface area contributed by atoms with Crippen LogP contribution in [0.4, 0.5) is 14.6 Å². The van der Waals surface area contributed by atoms with Crippen LogP contribution in [0, 0.1) is 11.6 Å². The minimum Gasteiger partial charge on any atom is -0.349 e. The van der Waals surface area contributed by atoms with E-state index in [1.165, 1.54) is 12.1 Å². The molecule has 1 atom stereocenters. The van der Waals surface area contributed by atoms with Crippen LogP contribution in [-0.2, 0) is 7.05 Å². The first-order valence-electron chi connectivity index (χ1n) is 12.7. The molecule has 2 fully saturated rings. The van der Waals surface area contributed by atoms with Crippen molar-refractivity contribution in [2.45, 2.75) is 56.5 Å². The lowest BCUT2D eigenvalue weighted by Gasteiger charge is -2.29. The van der Waals surface area contributed by atoms with E-state index in [1.54, 1.807) is 9.20 Å². The van der Waals surface area contributed by atoms with E-state index in [-0.39, 0.29) is 23.9 Å². The van der Waals surface area contributed by atoms with Crippen LogP contribution in [0.3, 0.4) is 0 Å². The summed E-state index contributed by atoms with van der Waals surface area (Å²) in [5, 5.41) is 19.8. The van der Waals surface area contributed by atoms with Crippen molar-refractivity contribution >= 4 is 17.2 Å². The van der Waals surface area contributed by atoms with Gasteiger partial charge < -0.3 is 10.2 Å². The molecular weight excluding hydrogens is 478 g/mol. The predicted molar refractivity (Wildman–Crippen MR) is 132 cm³/mol. The second-order valence-electron chi connectivity index (χ2n) is 9.97. The van der Waals surface area contributed by atoms with E-state index in [0.29, 0.717) is 29.0 Å². The van der Waals surface area contributed by atoms with Crippen LogP contribution in [0.25, 0.3) is 5.52 Å². The summed E-state index contributed by atoms with van der Waals surface area (Å²) in [5.74, 6) is 0.289. The van der Waals surface area contributed by atoms with Gasteiger partial charge >= 0.3 is 0 Å². The molecule has 1 amide bonds. The minimum atomic E-state index is -0.609. The van der Waals surface area contributed by atoms with Crippen molar-refractivity contribution in [2.24, 2.45) is 7.05 Å². The van der Waals surface area contributed by atoms with Crippen LogP contribution in [0.2, 0.25) is 0 Å². The average Bonchev–Trinajstić information content (AvgIpc) is 3.61. The Labute approximate surface area is 212 Å². The van der Waals surface area contributed by atoms with Crippen LogP contribution < -0.4 is 10.2 Å². The van der Waals surface area contributed by atoms with Gasteiger partial charge in [-0.15, -0.1) is 10.2 Å². The Hall–Kier alpha value is -3.89. The SMILES string of the molecule is Cn1nnnc1C1CCC(NC(=O)c2c(N3CCC[C@@H]3c3cc(F)cc(F)c3)nn3ccccc23)CC1. The maximum absolute atomic E-state index is 14.0. The Bertz CT molecular complexity index is 1420. The molecule has 1 aliphatic carbocycles. The van der Waals surface area contributed by atoms with E-state index in [4.69, 9.17) is 5.10 Å². The van der Waals surface area contributed by atoms with Crippen molar-refractivity contribution < 1.29 is 13.6 Å². The quantitative estimate of drug-likeness (QED) is 0.441. The van der Waals surface area contributed by atoms with Gasteiger partial charge in [0.05, 0.1) is 11.6 Å². The van der Waals surface area contributed by atoms with E-state index in [0.717, 1.165) is 50.4 Å². The van der Waals surface area contributed by atoms with Gasteiger partial charge in [-0.25, -0.2) is 18.0 Å². The summed E-state index contributed by atoms with van der Waals surface area (Å²) in [6.07, 6.45) is 6.79. The number of amides is 1. The standard InChI is InChI=1S/C26H28F2N8O/c1-34-24(30-32-33-34)16-7-9-20(10-8-16)29-26(37)23-22-5-2-3-12-36(22)31-25(23)35-11-4-6-21(35)17-13-18(27)15-19(28)14-17/h2-3,5,12-16,20-21H,4,6-11H2,1H3,(H,29,37)/t16?,20?,21-/m1/s1. The average molecular weight is 507 g/mol. The molecule has 1 N–H and O–H groups in total. The van der Waals surface area contributed by atoms with Gasteiger partial charge in [0.25, 0.3) is 5.91 Å². The van der Waals surface area contributed by atoms with Crippen LogP contribution in [0.1, 0.15) is 72.2 Å². The molecule has 0 unspecified atom stereocenters. The number of aryl methyl sites for hydroxylation is 1. The molecule has 3 aromatic heterocycles. The van der Waals surface area contributed by atoms with E-state index < -0.39 is 11.6 Å². The molecule has 11 heteroatoms. The van der Waals surface area contributed by atoms with E-state index >= 15 is 0 Å². The molecule has 1 aliphatic heterocycles. The molecule has 9 nitrogen and oxygen atoms in total. The predicted octanol–water partition coefficient (Wildman–Crippen LogP) is 3.93. The Kier molecular flexibility index (Phi) is 6.05. The van der Waals surface area contributed by atoms with E-state index in [9.17, 15) is 13.6 Å². The largest absolute Gasteiger partial charge is 0.349 e. The number of nitrogens with one attached hydrogen (secondary N) is 1. The van der Waals surface area contributed by atoms with Gasteiger partial charge in [-0.05, 0) is 78.8 Å². The molecule has 1 saturated carbocycles. The third kappa shape index (κ3) is 4.42. The van der Waals surface area contributed by atoms with Gasteiger partial charge in [0.2, 0.25) is 0 Å². The van der Waals surface area contributed by atoms with E-state index in [1.807, 2.05) is 36.3 Å². The maximum Gasteiger partial charge on any atom is 0.257 e. The first-order valence-corrected chi connectivity index (χ1v) is 12.7. The highest BCUT2D eigenvalue weighted by molar-refractivity contribution is 6.06. The summed E-state index contributed by atoms with van der Waals surface area (Å²) < 4.78 is 31.5. The zero-order valence-corrected chi connectivity index (χ0v) is 20.5. The number of aromatic nitrogens is 6. The zero-order chi connectivity index (χ0) is 25.5. The molecular formula is C26H28F2N8O. The fourth-order valence-corrected chi connectivity index (χ4v) is 5.88. The van der Waals surface area contributed by atoms with Gasteiger partial charge in [0, 0.05) is 37.8 Å². The highest BCUT2D eigenvalue weighted by atomic mass is 19.1. The lowest BCUT2D eigenvalue weighted by Crippen LogP contribution is -2.38. The first kappa shape index (κ1) is 23.5. The molecule has 192 valence electrons. The number of rotatable bonds is 5. The number of pyridine rings is 1. The molecule has 0 radical (unpaired) electrons. The van der Waals surface area contributed by atoms with Crippen LogP contribution in [0.5, 0.6) is 0 Å². The highest BCUT2D eigenvalue weighted by Crippen LogP contribution is 2.39. The lowest BCUT2D eigenvalue weighted by atomic mass is 9.85. The Morgan fingerprint density at radius 3 is 2.57 bits per heavy atom. The third-order valence-corrected chi connectivity index (χ3v) is 7.62. The topological polar surface area (TPSA) is 93.2 Å². The van der Waals surface area contributed by atoms with Crippen LogP contribution in [-0.4, -0.2) is 48.3 Å². The summed E-state index contributed by atoms with van der Waals surface area (Å²) in [7, 11) is 1.85. The molecule has 2 aliphatic rings. The Morgan fingerprint density at radius 1 is 1.05 bits per heavy atom. The second-order valence-corrected chi connectivity index (χ2v) is 9.97. The number of carbonyl (C=O) groups is 1. The van der Waals surface area contributed by atoms with Crippen molar-refractivity contribution in [3.05, 3.63) is 71.2 Å². The minimum absolute atomic E-state index is 0.0307. The number of fused-ring (bicyclic) bond motifs is 1. The smallest absolute Gasteiger partial charge is 0.257 e. The summed E-state index contributed by atoms with van der Waals surface area (Å²) in [6, 6.07) is 8.98. The molecule has 1 saturated heterocycles. The zero-order valence-electron chi connectivity index (χ0n) is 20.5. The molecule has 1 aromatic carbocycles. The Morgan fingerprint density at radius 2 is 1.84 bits per heavy atom. The van der Waals surface area contributed by atoms with Crippen LogP contribution >= 0.6 is 0 Å². The number of benzene rings is 1. The highest BCUT2D eigenvalue weighted by Gasteiger charge is 2.34. The number of carbonyl (C=O) groups excluding carboxylic acids is 1. The number of nitrogens with zero attached hydrogens (tertiary/aromatic N) is 7. The first-order chi connectivity index (χ1) is 18.0. The number of tetrazole rings is 1. The molecule has 6 rings (SSSR count). The number of halogens is 2. The van der Waals surface area contributed by atoms with Gasteiger partial charge in [-0.1, -0.05) is 6.07 Å². The monoisotopic (exact) mass is 506 g/mol. The number of hydrogen-bond donors (Lipinski definition) is 1. The molecule has 0 spiro atoms. The van der Waals surface area contributed by atoms with E-state index in [2.05, 4.69) is 20.8 Å². The van der Waals surface area contributed by atoms with Gasteiger partial charge in [0.1, 0.15) is 17.2 Å². The van der Waals surface area contributed by atoms with Crippen molar-refractivity contribution in [3.63, 3.8) is 0 Å². The maximum atomic E-state index is 14.0. The summed E-state index contributed by atoms with van der Waals surface area (Å²) in [4.78, 5) is 15.7. The summed E-state index contributed by atoms with van der Waals surface area (Å²) >= 11 is 0. The van der Waals surface area contributed by atoms with Crippen molar-refractivity contribution in [3.8, 4) is 0 Å². The summed E-state index contributed by atoms with van der Waals surface area (Å²) in [5.41, 5.74) is 1.74. The molecule has 37 heavy (non-hydrogen) atoms. The van der Waals surface area contributed by atoms with Crippen molar-refractivity contribution in [1.82, 2.24) is 35.1 Å². The molecule has 0 bridgehead atoms. The molecule has 4 heterocycles. The lowest BCUT2D eigenvalue weighted by molar-refractivity contribution is 0.0927. The van der Waals surface area contributed by atoms with Crippen molar-refractivity contribution in [2.75, 3.05) is 11.4 Å². The van der Waals surface area contributed by atoms with Crippen molar-refractivity contribution in [1.29, 1.82) is 0 Å². The second kappa shape index (κ2) is 9.53. The van der Waals surface area contributed by atoms with Crippen LogP contribution in [0.15, 0.2) is 42.6 Å².